The number of phenolic OH excluding ortho intramolecular Hbond substituents is 1. The largest absolute Gasteiger partial charge is 0.508 e. The highest BCUT2D eigenvalue weighted by molar-refractivity contribution is 7.89. The van der Waals surface area contributed by atoms with Crippen molar-refractivity contribution in [1.82, 2.24) is 14.7 Å². The molecule has 3 aromatic rings. The smallest absolute Gasteiger partial charge is 0.255 e. The first-order valence-corrected chi connectivity index (χ1v) is 10.6. The van der Waals surface area contributed by atoms with E-state index in [0.29, 0.717) is 22.6 Å². The second-order valence-electron chi connectivity index (χ2n) is 7.68. The predicted molar refractivity (Wildman–Crippen MR) is 114 cm³/mol. The van der Waals surface area contributed by atoms with Gasteiger partial charge in [-0.2, -0.15) is 0 Å². The number of hydrogen-bond donors (Lipinski definition) is 3. The van der Waals surface area contributed by atoms with Crippen LogP contribution in [0, 0.1) is 0 Å². The minimum absolute atomic E-state index is 0.0766. The van der Waals surface area contributed by atoms with Crippen LogP contribution in [-0.4, -0.2) is 34.9 Å². The molecule has 9 heteroatoms. The number of sulfonamides is 1. The lowest BCUT2D eigenvalue weighted by Gasteiger charge is -2.20. The molecule has 0 saturated heterocycles. The molecule has 0 radical (unpaired) electrons. The number of nitrogens with zero attached hydrogens (tertiary/aromatic N) is 2. The van der Waals surface area contributed by atoms with Crippen molar-refractivity contribution >= 4 is 21.6 Å². The zero-order valence-electron chi connectivity index (χ0n) is 16.7. The molecular weight excluding hydrogens is 404 g/mol. The monoisotopic (exact) mass is 426 g/mol. The first-order chi connectivity index (χ1) is 14.0. The van der Waals surface area contributed by atoms with Gasteiger partial charge < -0.3 is 10.4 Å². The third-order valence-electron chi connectivity index (χ3n) is 3.88. The summed E-state index contributed by atoms with van der Waals surface area (Å²) < 4.78 is 27.3. The minimum Gasteiger partial charge on any atom is -0.508 e. The zero-order valence-corrected chi connectivity index (χ0v) is 17.6. The Morgan fingerprint density at radius 1 is 1.00 bits per heavy atom. The Hall–Kier alpha value is -3.30. The van der Waals surface area contributed by atoms with Crippen LogP contribution in [-0.2, 0) is 10.0 Å². The molecule has 0 bridgehead atoms. The molecule has 1 amide bonds. The van der Waals surface area contributed by atoms with E-state index in [-0.39, 0.29) is 10.6 Å². The molecule has 1 aromatic heterocycles. The first-order valence-electron chi connectivity index (χ1n) is 9.10. The molecular formula is C21H22N4O4S. The topological polar surface area (TPSA) is 121 Å². The maximum absolute atomic E-state index is 12.4. The number of rotatable bonds is 5. The molecule has 1 heterocycles. The van der Waals surface area contributed by atoms with E-state index in [1.165, 1.54) is 42.7 Å². The minimum atomic E-state index is -3.67. The Morgan fingerprint density at radius 3 is 2.20 bits per heavy atom. The van der Waals surface area contributed by atoms with Gasteiger partial charge in [-0.25, -0.2) is 23.1 Å². The van der Waals surface area contributed by atoms with Gasteiger partial charge in [0.2, 0.25) is 10.0 Å². The van der Waals surface area contributed by atoms with Crippen molar-refractivity contribution in [2.24, 2.45) is 0 Å². The summed E-state index contributed by atoms with van der Waals surface area (Å²) in [5, 5.41) is 12.2. The lowest BCUT2D eigenvalue weighted by molar-refractivity contribution is 0.102. The lowest BCUT2D eigenvalue weighted by Crippen LogP contribution is -2.40. The molecule has 0 aliphatic carbocycles. The fraction of sp³-hybridized carbons (Fsp3) is 0.190. The van der Waals surface area contributed by atoms with Gasteiger partial charge in [-0.05, 0) is 57.2 Å². The van der Waals surface area contributed by atoms with Crippen LogP contribution >= 0.6 is 0 Å². The second-order valence-corrected chi connectivity index (χ2v) is 9.36. The Bertz CT molecular complexity index is 1150. The Labute approximate surface area is 175 Å². The number of amides is 1. The molecule has 0 saturated carbocycles. The number of anilines is 1. The van der Waals surface area contributed by atoms with Crippen molar-refractivity contribution < 1.29 is 18.3 Å². The highest BCUT2D eigenvalue weighted by Gasteiger charge is 2.22. The second kappa shape index (κ2) is 8.21. The average molecular weight is 426 g/mol. The molecule has 156 valence electrons. The van der Waals surface area contributed by atoms with E-state index in [0.717, 1.165) is 0 Å². The summed E-state index contributed by atoms with van der Waals surface area (Å²) in [6, 6.07) is 12.2. The quantitative estimate of drug-likeness (QED) is 0.576. The van der Waals surface area contributed by atoms with Gasteiger partial charge in [0.05, 0.1) is 23.0 Å². The van der Waals surface area contributed by atoms with Gasteiger partial charge >= 0.3 is 0 Å². The lowest BCUT2D eigenvalue weighted by atomic mass is 10.1. The van der Waals surface area contributed by atoms with Gasteiger partial charge in [0, 0.05) is 16.7 Å². The van der Waals surface area contributed by atoms with E-state index in [9.17, 15) is 18.3 Å². The van der Waals surface area contributed by atoms with E-state index < -0.39 is 21.5 Å². The summed E-state index contributed by atoms with van der Waals surface area (Å²) in [5.41, 5.74) is 0.713. The van der Waals surface area contributed by atoms with Crippen LogP contribution in [0.3, 0.4) is 0 Å². The molecule has 0 atom stereocenters. The van der Waals surface area contributed by atoms with Crippen molar-refractivity contribution in [2.45, 2.75) is 31.2 Å². The third kappa shape index (κ3) is 5.40. The predicted octanol–water partition coefficient (Wildman–Crippen LogP) is 3.18. The third-order valence-corrected chi connectivity index (χ3v) is 5.66. The molecule has 30 heavy (non-hydrogen) atoms. The number of hydrogen-bond acceptors (Lipinski definition) is 6. The highest BCUT2D eigenvalue weighted by atomic mass is 32.2. The summed E-state index contributed by atoms with van der Waals surface area (Å²) in [7, 11) is -3.67. The van der Waals surface area contributed by atoms with Crippen LogP contribution in [0.5, 0.6) is 5.75 Å². The van der Waals surface area contributed by atoms with Crippen molar-refractivity contribution in [3.8, 4) is 17.1 Å². The molecule has 0 spiro atoms. The molecule has 0 unspecified atom stereocenters. The molecule has 0 fully saturated rings. The normalized spacial score (nSPS) is 11.8. The van der Waals surface area contributed by atoms with E-state index in [1.54, 1.807) is 39.0 Å². The van der Waals surface area contributed by atoms with Crippen molar-refractivity contribution in [2.75, 3.05) is 5.32 Å². The van der Waals surface area contributed by atoms with Gasteiger partial charge in [0.15, 0.2) is 5.82 Å². The van der Waals surface area contributed by atoms with Gasteiger partial charge in [0.25, 0.3) is 5.91 Å². The Balaban J connectivity index is 1.70. The van der Waals surface area contributed by atoms with Crippen LogP contribution in [0.1, 0.15) is 31.1 Å². The van der Waals surface area contributed by atoms with Crippen molar-refractivity contribution in [3.63, 3.8) is 0 Å². The van der Waals surface area contributed by atoms with Gasteiger partial charge in [0.1, 0.15) is 5.75 Å². The SMILES string of the molecule is CC(C)(C)NS(=O)(=O)c1ccc(C(=O)Nc2cnc(-c3cccc(O)c3)nc2)cc1. The van der Waals surface area contributed by atoms with Gasteiger partial charge in [-0.3, -0.25) is 4.79 Å². The number of nitrogens with one attached hydrogen (secondary N) is 2. The maximum atomic E-state index is 12.4. The zero-order chi connectivity index (χ0) is 21.9. The molecule has 8 nitrogen and oxygen atoms in total. The number of carbonyl (C=O) groups excluding carboxylic acids is 1. The number of carbonyl (C=O) groups is 1. The van der Waals surface area contributed by atoms with Crippen LogP contribution in [0.4, 0.5) is 5.69 Å². The Morgan fingerprint density at radius 2 is 1.63 bits per heavy atom. The standard InChI is InChI=1S/C21H22N4O4S/c1-21(2,3)25-30(28,29)18-9-7-14(8-10-18)20(27)24-16-12-22-19(23-13-16)15-5-4-6-17(26)11-15/h4-13,25-26H,1-3H3,(H,24,27). The van der Waals surface area contributed by atoms with Crippen molar-refractivity contribution in [3.05, 3.63) is 66.5 Å². The van der Waals surface area contributed by atoms with E-state index in [1.807, 2.05) is 0 Å². The Kier molecular flexibility index (Phi) is 5.86. The summed E-state index contributed by atoms with van der Waals surface area (Å²) in [6.07, 6.45) is 2.91. The summed E-state index contributed by atoms with van der Waals surface area (Å²) in [6.45, 7) is 5.25. The fourth-order valence-electron chi connectivity index (χ4n) is 2.64. The first kappa shape index (κ1) is 21.4. The summed E-state index contributed by atoms with van der Waals surface area (Å²) in [4.78, 5) is 20.9. The van der Waals surface area contributed by atoms with Crippen LogP contribution in [0.15, 0.2) is 65.8 Å². The van der Waals surface area contributed by atoms with Crippen LogP contribution in [0.2, 0.25) is 0 Å². The van der Waals surface area contributed by atoms with Crippen LogP contribution < -0.4 is 10.0 Å². The number of aromatic hydroxyl groups is 1. The summed E-state index contributed by atoms with van der Waals surface area (Å²) in [5.74, 6) is 0.0953. The maximum Gasteiger partial charge on any atom is 0.255 e. The molecule has 3 N–H and O–H groups in total. The summed E-state index contributed by atoms with van der Waals surface area (Å²) >= 11 is 0. The fourth-order valence-corrected chi connectivity index (χ4v) is 4.06. The van der Waals surface area contributed by atoms with E-state index in [2.05, 4.69) is 20.0 Å². The molecule has 2 aromatic carbocycles. The number of benzene rings is 2. The average Bonchev–Trinajstić information content (AvgIpc) is 2.67. The van der Waals surface area contributed by atoms with E-state index in [4.69, 9.17) is 0 Å². The van der Waals surface area contributed by atoms with Gasteiger partial charge in [-0.1, -0.05) is 12.1 Å². The van der Waals surface area contributed by atoms with Gasteiger partial charge in [-0.15, -0.1) is 0 Å². The number of aromatic nitrogens is 2. The highest BCUT2D eigenvalue weighted by Crippen LogP contribution is 2.20. The van der Waals surface area contributed by atoms with Crippen molar-refractivity contribution in [1.29, 1.82) is 0 Å². The molecule has 0 aliphatic rings. The van der Waals surface area contributed by atoms with Crippen LogP contribution in [0.25, 0.3) is 11.4 Å². The molecule has 3 rings (SSSR count). The van der Waals surface area contributed by atoms with E-state index >= 15 is 0 Å². The molecule has 0 aliphatic heterocycles. The number of phenols is 1.